The van der Waals surface area contributed by atoms with Gasteiger partial charge in [-0.1, -0.05) is 48.5 Å². The van der Waals surface area contributed by atoms with E-state index >= 15 is 0 Å². The molecule has 172 valence electrons. The summed E-state index contributed by atoms with van der Waals surface area (Å²) in [5, 5.41) is 8.35. The molecule has 5 heteroatoms. The molecule has 0 aliphatic heterocycles. The van der Waals surface area contributed by atoms with Crippen molar-refractivity contribution in [2.75, 3.05) is 0 Å². The molecule has 0 bridgehead atoms. The van der Waals surface area contributed by atoms with Crippen LogP contribution in [0.2, 0.25) is 0 Å². The predicted octanol–water partition coefficient (Wildman–Crippen LogP) is 8.99. The van der Waals surface area contributed by atoms with Crippen molar-refractivity contribution in [3.63, 3.8) is 0 Å². The van der Waals surface area contributed by atoms with Crippen LogP contribution in [0.1, 0.15) is 0 Å². The van der Waals surface area contributed by atoms with Crippen LogP contribution in [0.3, 0.4) is 0 Å². The van der Waals surface area contributed by atoms with E-state index < -0.39 is 0 Å². The molecule has 0 fully saturated rings. The number of rotatable bonds is 1. The first-order chi connectivity index (χ1) is 18.3. The number of para-hydroxylation sites is 2. The molecule has 0 unspecified atom stereocenters. The minimum Gasteiger partial charge on any atom is -0.456 e. The Morgan fingerprint density at radius 3 is 2.46 bits per heavy atom. The maximum atomic E-state index is 6.27. The first kappa shape index (κ1) is 19.4. The highest BCUT2D eigenvalue weighted by Crippen LogP contribution is 2.44. The van der Waals surface area contributed by atoms with Gasteiger partial charge >= 0.3 is 0 Å². The number of nitrogens with zero attached hydrogens (tertiary/aromatic N) is 3. The molecule has 4 nitrogen and oxygen atoms in total. The zero-order chi connectivity index (χ0) is 24.1. The van der Waals surface area contributed by atoms with Crippen LogP contribution in [-0.2, 0) is 0 Å². The fraction of sp³-hybridized carbons (Fsp3) is 0. The van der Waals surface area contributed by atoms with Crippen LogP contribution in [-0.4, -0.2) is 14.5 Å². The molecular formula is C32H17N3OS. The Bertz CT molecular complexity index is 2370. The van der Waals surface area contributed by atoms with E-state index in [0.29, 0.717) is 0 Å². The van der Waals surface area contributed by atoms with Crippen molar-refractivity contribution in [3.8, 4) is 5.69 Å². The second-order valence-electron chi connectivity index (χ2n) is 9.50. The lowest BCUT2D eigenvalue weighted by molar-refractivity contribution is 0.668. The molecule has 4 aromatic heterocycles. The SMILES string of the molecule is c1ccc2c(c1)oc1cc(-n3c4ccccc4c4ccc5c6cc7cncnc7cc6sc5c43)ccc12. The van der Waals surface area contributed by atoms with Gasteiger partial charge in [0, 0.05) is 60.4 Å². The number of benzene rings is 5. The summed E-state index contributed by atoms with van der Waals surface area (Å²) in [6, 6.07) is 32.4. The van der Waals surface area contributed by atoms with Gasteiger partial charge in [-0.25, -0.2) is 9.97 Å². The minimum absolute atomic E-state index is 0.901. The van der Waals surface area contributed by atoms with Gasteiger partial charge in [0.2, 0.25) is 0 Å². The van der Waals surface area contributed by atoms with Crippen molar-refractivity contribution >= 4 is 86.2 Å². The van der Waals surface area contributed by atoms with Crippen molar-refractivity contribution in [2.45, 2.75) is 0 Å². The zero-order valence-electron chi connectivity index (χ0n) is 19.5. The van der Waals surface area contributed by atoms with Gasteiger partial charge in [-0.05, 0) is 36.4 Å². The first-order valence-corrected chi connectivity index (χ1v) is 13.0. The molecule has 9 rings (SSSR count). The lowest BCUT2D eigenvalue weighted by atomic mass is 10.1. The summed E-state index contributed by atoms with van der Waals surface area (Å²) in [6.45, 7) is 0. The molecular weight excluding hydrogens is 474 g/mol. The predicted molar refractivity (Wildman–Crippen MR) is 154 cm³/mol. The average molecular weight is 492 g/mol. The van der Waals surface area contributed by atoms with Crippen molar-refractivity contribution in [2.24, 2.45) is 0 Å². The number of thiophene rings is 1. The quantitative estimate of drug-likeness (QED) is 0.230. The molecule has 0 atom stereocenters. The van der Waals surface area contributed by atoms with Gasteiger partial charge in [0.05, 0.1) is 21.3 Å². The van der Waals surface area contributed by atoms with Gasteiger partial charge in [0.25, 0.3) is 0 Å². The van der Waals surface area contributed by atoms with Crippen LogP contribution in [0.4, 0.5) is 0 Å². The number of fused-ring (bicyclic) bond motifs is 11. The molecule has 5 aromatic carbocycles. The third kappa shape index (κ3) is 2.56. The molecule has 0 N–H and O–H groups in total. The molecule has 0 spiro atoms. The van der Waals surface area contributed by atoms with Gasteiger partial charge in [-0.2, -0.15) is 0 Å². The van der Waals surface area contributed by atoms with Crippen LogP contribution in [0.5, 0.6) is 0 Å². The number of furan rings is 1. The highest BCUT2D eigenvalue weighted by atomic mass is 32.1. The summed E-state index contributed by atoms with van der Waals surface area (Å²) < 4.78 is 11.2. The minimum atomic E-state index is 0.901. The van der Waals surface area contributed by atoms with Crippen molar-refractivity contribution in [1.29, 1.82) is 0 Å². The smallest absolute Gasteiger partial charge is 0.137 e. The highest BCUT2D eigenvalue weighted by molar-refractivity contribution is 7.26. The van der Waals surface area contributed by atoms with Gasteiger partial charge in [0.15, 0.2) is 0 Å². The van der Waals surface area contributed by atoms with Crippen LogP contribution >= 0.6 is 11.3 Å². The van der Waals surface area contributed by atoms with Gasteiger partial charge < -0.3 is 8.98 Å². The summed E-state index contributed by atoms with van der Waals surface area (Å²) in [7, 11) is 0. The Labute approximate surface area is 214 Å². The standard InChI is InChI=1S/C32H17N3OS/c1-3-7-27-20(5-1)23-11-12-24-25-13-18-16-33-17-34-26(18)15-30(25)37-32(24)31(23)35(27)19-9-10-22-21-6-2-4-8-28(21)36-29(22)14-19/h1-17H. The fourth-order valence-corrected chi connectivity index (χ4v) is 7.13. The van der Waals surface area contributed by atoms with Gasteiger partial charge in [-0.15, -0.1) is 11.3 Å². The summed E-state index contributed by atoms with van der Waals surface area (Å²) in [5.74, 6) is 0. The average Bonchev–Trinajstić information content (AvgIpc) is 3.60. The van der Waals surface area contributed by atoms with Crippen molar-refractivity contribution < 1.29 is 4.42 Å². The normalized spacial score (nSPS) is 12.3. The first-order valence-electron chi connectivity index (χ1n) is 12.2. The number of hydrogen-bond donors (Lipinski definition) is 0. The van der Waals surface area contributed by atoms with Crippen molar-refractivity contribution in [3.05, 3.63) is 104 Å². The van der Waals surface area contributed by atoms with E-state index in [4.69, 9.17) is 4.42 Å². The van der Waals surface area contributed by atoms with E-state index in [1.165, 1.54) is 42.0 Å². The van der Waals surface area contributed by atoms with Crippen LogP contribution < -0.4 is 0 Å². The second kappa shape index (κ2) is 6.93. The molecule has 0 aliphatic carbocycles. The topological polar surface area (TPSA) is 43.9 Å². The summed E-state index contributed by atoms with van der Waals surface area (Å²) in [6.07, 6.45) is 3.51. The van der Waals surface area contributed by atoms with Crippen LogP contribution in [0.15, 0.2) is 108 Å². The fourth-order valence-electron chi connectivity index (χ4n) is 5.88. The molecule has 4 heterocycles. The zero-order valence-corrected chi connectivity index (χ0v) is 20.3. The molecule has 37 heavy (non-hydrogen) atoms. The second-order valence-corrected chi connectivity index (χ2v) is 10.6. The van der Waals surface area contributed by atoms with E-state index in [0.717, 1.165) is 38.5 Å². The number of hydrogen-bond acceptors (Lipinski definition) is 4. The van der Waals surface area contributed by atoms with Crippen LogP contribution in [0.25, 0.3) is 80.5 Å². The molecule has 0 amide bonds. The summed E-state index contributed by atoms with van der Waals surface area (Å²) in [5.41, 5.74) is 6.30. The Hall–Kier alpha value is -4.74. The van der Waals surface area contributed by atoms with E-state index in [9.17, 15) is 0 Å². The van der Waals surface area contributed by atoms with E-state index in [-0.39, 0.29) is 0 Å². The van der Waals surface area contributed by atoms with E-state index in [1.807, 2.05) is 29.7 Å². The lowest BCUT2D eigenvalue weighted by Crippen LogP contribution is -1.93. The van der Waals surface area contributed by atoms with Crippen molar-refractivity contribution in [1.82, 2.24) is 14.5 Å². The molecule has 0 radical (unpaired) electrons. The monoisotopic (exact) mass is 491 g/mol. The third-order valence-electron chi connectivity index (χ3n) is 7.52. The third-order valence-corrected chi connectivity index (χ3v) is 8.69. The molecule has 9 aromatic rings. The molecule has 0 saturated heterocycles. The van der Waals surface area contributed by atoms with E-state index in [2.05, 4.69) is 93.4 Å². The largest absolute Gasteiger partial charge is 0.456 e. The van der Waals surface area contributed by atoms with Gasteiger partial charge in [-0.3, -0.25) is 0 Å². The summed E-state index contributed by atoms with van der Waals surface area (Å²) in [4.78, 5) is 8.73. The Kier molecular flexibility index (Phi) is 3.64. The highest BCUT2D eigenvalue weighted by Gasteiger charge is 2.19. The Morgan fingerprint density at radius 2 is 1.49 bits per heavy atom. The maximum Gasteiger partial charge on any atom is 0.137 e. The Morgan fingerprint density at radius 1 is 0.676 bits per heavy atom. The summed E-state index contributed by atoms with van der Waals surface area (Å²) >= 11 is 1.83. The maximum absolute atomic E-state index is 6.27. The van der Waals surface area contributed by atoms with Gasteiger partial charge in [0.1, 0.15) is 17.5 Å². The van der Waals surface area contributed by atoms with E-state index in [1.54, 1.807) is 6.33 Å². The molecule has 0 saturated carbocycles. The van der Waals surface area contributed by atoms with Crippen LogP contribution in [0, 0.1) is 0 Å². The lowest BCUT2D eigenvalue weighted by Gasteiger charge is -2.08. The molecule has 0 aliphatic rings. The number of aromatic nitrogens is 3. The Balaban J connectivity index is 1.44.